The Kier molecular flexibility index (Phi) is 7.95. The standard InChI is InChI=1S/C30H32F3N5O5/c1-14(2)10-20(35-9-8-15-22-17(31)11-18(32)23(33)25(22)37-24(15)28(41)43-3)27(40)38-13-30(12-21(38)26(34)39)16-6-4-5-7-19(16)36-29(30)42/h4-7,11,14,20-21,35,37H,8-10,12-13H2,1-3H3,(H2,34,39)(H,36,42)/t20-,21-,30-/m0/s1. The molecule has 10 nitrogen and oxygen atoms in total. The summed E-state index contributed by atoms with van der Waals surface area (Å²) in [4.78, 5) is 56.0. The first-order valence-electron chi connectivity index (χ1n) is 13.9. The number of ether oxygens (including phenoxy) is 1. The van der Waals surface area contributed by atoms with Gasteiger partial charge in [-0.2, -0.15) is 0 Å². The zero-order chi connectivity index (χ0) is 31.2. The monoisotopic (exact) mass is 599 g/mol. The van der Waals surface area contributed by atoms with E-state index in [-0.39, 0.29) is 54.4 Å². The number of carbonyl (C=O) groups excluding carboxylic acids is 4. The van der Waals surface area contributed by atoms with Crippen LogP contribution in [-0.2, 0) is 31.0 Å². The summed E-state index contributed by atoms with van der Waals surface area (Å²) in [5.74, 6) is -6.20. The number of halogens is 3. The van der Waals surface area contributed by atoms with Crippen molar-refractivity contribution in [3.63, 3.8) is 0 Å². The summed E-state index contributed by atoms with van der Waals surface area (Å²) < 4.78 is 48.0. The van der Waals surface area contributed by atoms with Crippen molar-refractivity contribution in [2.24, 2.45) is 11.7 Å². The second-order valence-corrected chi connectivity index (χ2v) is 11.4. The van der Waals surface area contributed by atoms with Crippen LogP contribution in [0, 0.1) is 23.4 Å². The van der Waals surface area contributed by atoms with Gasteiger partial charge in [0, 0.05) is 30.2 Å². The smallest absolute Gasteiger partial charge is 0.354 e. The Labute approximate surface area is 245 Å². The molecular weight excluding hydrogens is 567 g/mol. The highest BCUT2D eigenvalue weighted by atomic mass is 19.2. The molecule has 1 saturated heterocycles. The van der Waals surface area contributed by atoms with E-state index < -0.39 is 58.3 Å². The fraction of sp³-hybridized carbons (Fsp3) is 0.400. The minimum absolute atomic E-state index is 0.0159. The van der Waals surface area contributed by atoms with Crippen molar-refractivity contribution in [1.82, 2.24) is 15.2 Å². The van der Waals surface area contributed by atoms with Crippen molar-refractivity contribution in [2.75, 3.05) is 25.5 Å². The Bertz CT molecular complexity index is 1640. The Morgan fingerprint density at radius 1 is 1.19 bits per heavy atom. The van der Waals surface area contributed by atoms with Gasteiger partial charge in [0.2, 0.25) is 17.7 Å². The molecule has 0 unspecified atom stereocenters. The number of methoxy groups -OCH3 is 1. The summed E-state index contributed by atoms with van der Waals surface area (Å²) in [6.45, 7) is 3.77. The predicted molar refractivity (Wildman–Crippen MR) is 151 cm³/mol. The SMILES string of the molecule is COC(=O)c1[nH]c2c(F)c(F)cc(F)c2c1CCN[C@@H](CC(C)C)C(=O)N1C[C@]2(C[C@H]1C(N)=O)C(=O)Nc1ccccc12. The Balaban J connectivity index is 1.42. The number of nitrogens with one attached hydrogen (secondary N) is 3. The van der Waals surface area contributed by atoms with Gasteiger partial charge in [0.15, 0.2) is 11.6 Å². The summed E-state index contributed by atoms with van der Waals surface area (Å²) in [5, 5.41) is 5.67. The molecule has 228 valence electrons. The third-order valence-electron chi connectivity index (χ3n) is 8.28. The second kappa shape index (κ2) is 11.4. The molecule has 1 fully saturated rings. The number of primary amides is 1. The topological polar surface area (TPSA) is 147 Å². The van der Waals surface area contributed by atoms with Gasteiger partial charge in [-0.3, -0.25) is 14.4 Å². The van der Waals surface area contributed by atoms with Crippen LogP contribution in [0.1, 0.15) is 48.3 Å². The van der Waals surface area contributed by atoms with Gasteiger partial charge in [0.05, 0.1) is 24.1 Å². The molecule has 5 rings (SSSR count). The molecule has 43 heavy (non-hydrogen) atoms. The van der Waals surface area contributed by atoms with Crippen molar-refractivity contribution >= 4 is 40.3 Å². The number of rotatable bonds is 9. The van der Waals surface area contributed by atoms with Crippen LogP contribution in [0.4, 0.5) is 18.9 Å². The Morgan fingerprint density at radius 3 is 2.58 bits per heavy atom. The lowest BCUT2D eigenvalue weighted by Gasteiger charge is -2.29. The molecule has 2 aliphatic heterocycles. The van der Waals surface area contributed by atoms with E-state index in [1.165, 1.54) is 4.90 Å². The first-order valence-corrected chi connectivity index (χ1v) is 13.9. The van der Waals surface area contributed by atoms with Crippen LogP contribution in [0.5, 0.6) is 0 Å². The van der Waals surface area contributed by atoms with Crippen LogP contribution in [0.25, 0.3) is 10.9 Å². The normalized spacial score (nSPS) is 20.1. The van der Waals surface area contributed by atoms with Crippen molar-refractivity contribution in [2.45, 2.75) is 50.6 Å². The van der Waals surface area contributed by atoms with Gasteiger partial charge < -0.3 is 31.0 Å². The number of H-pyrrole nitrogens is 1. The average molecular weight is 600 g/mol. The number of aromatic amines is 1. The van der Waals surface area contributed by atoms with Gasteiger partial charge in [-0.15, -0.1) is 0 Å². The fourth-order valence-electron chi connectivity index (χ4n) is 6.30. The number of fused-ring (bicyclic) bond motifs is 3. The van der Waals surface area contributed by atoms with E-state index in [9.17, 15) is 32.3 Å². The molecule has 3 heterocycles. The molecule has 3 aromatic rings. The third kappa shape index (κ3) is 5.11. The van der Waals surface area contributed by atoms with E-state index in [1.807, 2.05) is 13.8 Å². The van der Waals surface area contributed by atoms with Gasteiger partial charge >= 0.3 is 5.97 Å². The van der Waals surface area contributed by atoms with E-state index in [0.29, 0.717) is 23.7 Å². The van der Waals surface area contributed by atoms with Crippen molar-refractivity contribution in [1.29, 1.82) is 0 Å². The zero-order valence-electron chi connectivity index (χ0n) is 23.9. The molecule has 3 amide bonds. The van der Waals surface area contributed by atoms with Gasteiger partial charge in [-0.25, -0.2) is 18.0 Å². The van der Waals surface area contributed by atoms with Crippen molar-refractivity contribution in [3.05, 3.63) is 64.6 Å². The number of carbonyl (C=O) groups is 4. The molecule has 0 aliphatic carbocycles. The van der Waals surface area contributed by atoms with Crippen LogP contribution in [-0.4, -0.2) is 65.9 Å². The lowest BCUT2D eigenvalue weighted by Crippen LogP contribution is -2.52. The molecule has 0 saturated carbocycles. The van der Waals surface area contributed by atoms with Gasteiger partial charge in [0.1, 0.15) is 17.6 Å². The van der Waals surface area contributed by atoms with E-state index >= 15 is 0 Å². The number of para-hydroxylation sites is 1. The minimum atomic E-state index is -1.42. The van der Waals surface area contributed by atoms with Gasteiger partial charge in [0.25, 0.3) is 0 Å². The number of esters is 1. The van der Waals surface area contributed by atoms with E-state index in [4.69, 9.17) is 10.5 Å². The van der Waals surface area contributed by atoms with Crippen LogP contribution in [0.3, 0.4) is 0 Å². The maximum Gasteiger partial charge on any atom is 0.354 e. The number of anilines is 1. The van der Waals surface area contributed by atoms with Crippen molar-refractivity contribution < 1.29 is 37.1 Å². The van der Waals surface area contributed by atoms with Gasteiger partial charge in [-0.1, -0.05) is 32.0 Å². The number of aromatic nitrogens is 1. The second-order valence-electron chi connectivity index (χ2n) is 11.4. The molecule has 2 aromatic carbocycles. The number of nitrogens with zero attached hydrogens (tertiary/aromatic N) is 1. The maximum atomic E-state index is 14.8. The van der Waals surface area contributed by atoms with Crippen LogP contribution in [0.2, 0.25) is 0 Å². The number of amides is 3. The van der Waals surface area contributed by atoms with Gasteiger partial charge in [-0.05, 0) is 42.4 Å². The molecule has 0 bridgehead atoms. The predicted octanol–water partition coefficient (Wildman–Crippen LogP) is 2.89. The largest absolute Gasteiger partial charge is 0.464 e. The highest BCUT2D eigenvalue weighted by Crippen LogP contribution is 2.46. The van der Waals surface area contributed by atoms with E-state index in [2.05, 4.69) is 15.6 Å². The first-order chi connectivity index (χ1) is 20.4. The molecule has 5 N–H and O–H groups in total. The summed E-state index contributed by atoms with van der Waals surface area (Å²) in [7, 11) is 1.10. The van der Waals surface area contributed by atoms with E-state index in [1.54, 1.807) is 24.3 Å². The summed E-state index contributed by atoms with van der Waals surface area (Å²) in [5.41, 5.74) is 5.20. The Morgan fingerprint density at radius 2 is 1.91 bits per heavy atom. The van der Waals surface area contributed by atoms with Crippen molar-refractivity contribution in [3.8, 4) is 0 Å². The zero-order valence-corrected chi connectivity index (χ0v) is 23.9. The fourth-order valence-corrected chi connectivity index (χ4v) is 6.30. The summed E-state index contributed by atoms with van der Waals surface area (Å²) >= 11 is 0. The highest BCUT2D eigenvalue weighted by Gasteiger charge is 2.57. The highest BCUT2D eigenvalue weighted by molar-refractivity contribution is 6.08. The summed E-state index contributed by atoms with van der Waals surface area (Å²) in [6, 6.07) is 5.63. The minimum Gasteiger partial charge on any atom is -0.464 e. The lowest BCUT2D eigenvalue weighted by atomic mass is 9.79. The number of hydrogen-bond acceptors (Lipinski definition) is 6. The number of hydrogen-bond donors (Lipinski definition) is 4. The first kappa shape index (κ1) is 30.1. The molecular formula is C30H32F3N5O5. The lowest BCUT2D eigenvalue weighted by molar-refractivity contribution is -0.139. The molecule has 1 aromatic heterocycles. The van der Waals surface area contributed by atoms with Crippen LogP contribution in [0.15, 0.2) is 30.3 Å². The quantitative estimate of drug-likeness (QED) is 0.220. The van der Waals surface area contributed by atoms with E-state index in [0.717, 1.165) is 7.11 Å². The number of nitrogens with two attached hydrogens (primary N) is 1. The Hall–Kier alpha value is -4.39. The molecule has 0 radical (unpaired) electrons. The molecule has 1 spiro atoms. The molecule has 2 aliphatic rings. The van der Waals surface area contributed by atoms with Crippen LogP contribution >= 0.6 is 0 Å². The number of benzene rings is 2. The molecule has 13 heteroatoms. The summed E-state index contributed by atoms with van der Waals surface area (Å²) in [6.07, 6.45) is 0.306. The maximum absolute atomic E-state index is 14.8. The average Bonchev–Trinajstić information content (AvgIpc) is 3.63. The molecule has 3 atom stereocenters. The van der Waals surface area contributed by atoms with Crippen LogP contribution < -0.4 is 16.4 Å². The number of likely N-dealkylation sites (tertiary alicyclic amines) is 1. The third-order valence-corrected chi connectivity index (χ3v) is 8.28.